The van der Waals surface area contributed by atoms with Crippen molar-refractivity contribution in [3.8, 4) is 0 Å². The molecule has 2 aliphatic rings. The van der Waals surface area contributed by atoms with Gasteiger partial charge in [-0.05, 0) is 49.4 Å². The third-order valence-corrected chi connectivity index (χ3v) is 6.58. The maximum Gasteiger partial charge on any atom is 0.241 e. The second kappa shape index (κ2) is 9.10. The fraction of sp³-hybridized carbons (Fsp3) is 0.480. The molecule has 0 spiro atoms. The van der Waals surface area contributed by atoms with Gasteiger partial charge in [0.2, 0.25) is 5.91 Å². The molecule has 0 bridgehead atoms. The van der Waals surface area contributed by atoms with Crippen LogP contribution in [-0.4, -0.2) is 49.2 Å². The maximum absolute atomic E-state index is 13.5. The van der Waals surface area contributed by atoms with Crippen LogP contribution < -0.4 is 5.32 Å². The van der Waals surface area contributed by atoms with Crippen molar-refractivity contribution in [3.05, 3.63) is 71.3 Å². The molecule has 2 aromatic carbocycles. The summed E-state index contributed by atoms with van der Waals surface area (Å²) >= 11 is 0. The molecule has 0 saturated carbocycles. The predicted octanol–water partition coefficient (Wildman–Crippen LogP) is 3.38. The molecule has 1 saturated heterocycles. The summed E-state index contributed by atoms with van der Waals surface area (Å²) in [6, 6.07) is 19.0. The molecule has 1 aliphatic heterocycles. The number of ether oxygens (including phenoxy) is 1. The zero-order valence-electron chi connectivity index (χ0n) is 17.4. The van der Waals surface area contributed by atoms with E-state index in [0.29, 0.717) is 6.54 Å². The molecule has 1 fully saturated rings. The van der Waals surface area contributed by atoms with Crippen LogP contribution in [0.15, 0.2) is 54.6 Å². The molecule has 4 rings (SSSR count). The molecule has 0 unspecified atom stereocenters. The van der Waals surface area contributed by atoms with Crippen molar-refractivity contribution in [2.45, 2.75) is 50.2 Å². The molecule has 1 heterocycles. The Balaban J connectivity index is 1.47. The SMILES string of the molecule is CN(CCc1ccccc1)C1(C(=O)NC[C@H]2CCCCO2)Cc2ccccc2C1. The number of nitrogens with zero attached hydrogens (tertiary/aromatic N) is 1. The van der Waals surface area contributed by atoms with Gasteiger partial charge in [-0.25, -0.2) is 0 Å². The molecule has 1 aliphatic carbocycles. The molecule has 4 nitrogen and oxygen atoms in total. The quantitative estimate of drug-likeness (QED) is 0.785. The van der Waals surface area contributed by atoms with Gasteiger partial charge in [-0.1, -0.05) is 54.6 Å². The van der Waals surface area contributed by atoms with Crippen molar-refractivity contribution in [3.63, 3.8) is 0 Å². The van der Waals surface area contributed by atoms with Crippen molar-refractivity contribution in [1.82, 2.24) is 10.2 Å². The number of carbonyl (C=O) groups excluding carboxylic acids is 1. The number of likely N-dealkylation sites (N-methyl/N-ethyl adjacent to an activating group) is 1. The lowest BCUT2D eigenvalue weighted by molar-refractivity contribution is -0.133. The van der Waals surface area contributed by atoms with E-state index in [1.54, 1.807) is 0 Å². The third-order valence-electron chi connectivity index (χ3n) is 6.58. The zero-order valence-corrected chi connectivity index (χ0v) is 17.4. The minimum absolute atomic E-state index is 0.137. The van der Waals surface area contributed by atoms with E-state index in [4.69, 9.17) is 4.74 Å². The first-order valence-corrected chi connectivity index (χ1v) is 10.9. The van der Waals surface area contributed by atoms with Crippen LogP contribution in [-0.2, 0) is 28.8 Å². The van der Waals surface area contributed by atoms with Gasteiger partial charge in [0.05, 0.1) is 6.10 Å². The van der Waals surface area contributed by atoms with E-state index in [2.05, 4.69) is 65.8 Å². The van der Waals surface area contributed by atoms with Crippen molar-refractivity contribution >= 4 is 5.91 Å². The molecule has 154 valence electrons. The molecular weight excluding hydrogens is 360 g/mol. The van der Waals surface area contributed by atoms with Gasteiger partial charge in [0, 0.05) is 32.5 Å². The maximum atomic E-state index is 13.5. The van der Waals surface area contributed by atoms with Crippen LogP contribution in [0.1, 0.15) is 36.0 Å². The van der Waals surface area contributed by atoms with Gasteiger partial charge in [0.25, 0.3) is 0 Å². The second-order valence-corrected chi connectivity index (χ2v) is 8.51. The van der Waals surface area contributed by atoms with Crippen LogP contribution in [0.5, 0.6) is 0 Å². The van der Waals surface area contributed by atoms with Crippen LogP contribution in [0.2, 0.25) is 0 Å². The predicted molar refractivity (Wildman–Crippen MR) is 116 cm³/mol. The first-order valence-electron chi connectivity index (χ1n) is 10.9. The Labute approximate surface area is 174 Å². The Morgan fingerprint density at radius 2 is 1.76 bits per heavy atom. The summed E-state index contributed by atoms with van der Waals surface area (Å²) in [5.41, 5.74) is 3.37. The monoisotopic (exact) mass is 392 g/mol. The lowest BCUT2D eigenvalue weighted by Gasteiger charge is -2.38. The minimum atomic E-state index is -0.521. The van der Waals surface area contributed by atoms with Gasteiger partial charge >= 0.3 is 0 Å². The molecular formula is C25H32N2O2. The topological polar surface area (TPSA) is 41.6 Å². The molecule has 1 N–H and O–H groups in total. The van der Waals surface area contributed by atoms with Gasteiger partial charge in [0.1, 0.15) is 5.54 Å². The van der Waals surface area contributed by atoms with E-state index in [1.807, 2.05) is 6.07 Å². The summed E-state index contributed by atoms with van der Waals surface area (Å²) in [6.07, 6.45) is 5.99. The van der Waals surface area contributed by atoms with Crippen LogP contribution in [0.25, 0.3) is 0 Å². The first-order chi connectivity index (χ1) is 14.2. The number of nitrogens with one attached hydrogen (secondary N) is 1. The van der Waals surface area contributed by atoms with Gasteiger partial charge in [-0.3, -0.25) is 9.69 Å². The van der Waals surface area contributed by atoms with Crippen LogP contribution in [0.3, 0.4) is 0 Å². The lowest BCUT2D eigenvalue weighted by Crippen LogP contribution is -2.59. The summed E-state index contributed by atoms with van der Waals surface area (Å²) < 4.78 is 5.82. The fourth-order valence-electron chi connectivity index (χ4n) is 4.69. The number of benzene rings is 2. The number of fused-ring (bicyclic) bond motifs is 1. The second-order valence-electron chi connectivity index (χ2n) is 8.51. The standard InChI is InChI=1S/C25H32N2O2/c1-27(15-14-20-9-3-2-4-10-20)25(17-21-11-5-6-12-22(21)18-25)24(28)26-19-23-13-7-8-16-29-23/h2-6,9-12,23H,7-8,13-19H2,1H3,(H,26,28)/t23-/m1/s1. The Kier molecular flexibility index (Phi) is 6.31. The molecule has 29 heavy (non-hydrogen) atoms. The number of rotatable bonds is 7. The number of amides is 1. The highest BCUT2D eigenvalue weighted by molar-refractivity contribution is 5.88. The van der Waals surface area contributed by atoms with Crippen molar-refractivity contribution in [2.24, 2.45) is 0 Å². The number of hydrogen-bond donors (Lipinski definition) is 1. The summed E-state index contributed by atoms with van der Waals surface area (Å²) in [5, 5.41) is 3.24. The average Bonchev–Trinajstić information content (AvgIpc) is 3.18. The van der Waals surface area contributed by atoms with E-state index in [0.717, 1.165) is 45.3 Å². The lowest BCUT2D eigenvalue weighted by atomic mass is 9.91. The van der Waals surface area contributed by atoms with Gasteiger partial charge in [0.15, 0.2) is 0 Å². The largest absolute Gasteiger partial charge is 0.376 e. The highest BCUT2D eigenvalue weighted by atomic mass is 16.5. The van der Waals surface area contributed by atoms with Gasteiger partial charge in [-0.2, -0.15) is 0 Å². The molecule has 1 amide bonds. The Hall–Kier alpha value is -2.17. The molecule has 0 radical (unpaired) electrons. The van der Waals surface area contributed by atoms with Crippen molar-refractivity contribution in [2.75, 3.05) is 26.7 Å². The van der Waals surface area contributed by atoms with E-state index in [1.165, 1.54) is 23.1 Å². The minimum Gasteiger partial charge on any atom is -0.376 e. The number of hydrogen-bond acceptors (Lipinski definition) is 3. The van der Waals surface area contributed by atoms with E-state index >= 15 is 0 Å². The van der Waals surface area contributed by atoms with Crippen LogP contribution >= 0.6 is 0 Å². The van der Waals surface area contributed by atoms with E-state index < -0.39 is 5.54 Å². The third kappa shape index (κ3) is 4.54. The fourth-order valence-corrected chi connectivity index (χ4v) is 4.69. The van der Waals surface area contributed by atoms with E-state index in [-0.39, 0.29) is 12.0 Å². The Morgan fingerprint density at radius 1 is 1.07 bits per heavy atom. The Morgan fingerprint density at radius 3 is 2.41 bits per heavy atom. The average molecular weight is 393 g/mol. The summed E-state index contributed by atoms with van der Waals surface area (Å²) in [4.78, 5) is 15.8. The zero-order chi connectivity index (χ0) is 20.1. The first kappa shape index (κ1) is 20.1. The van der Waals surface area contributed by atoms with Crippen molar-refractivity contribution in [1.29, 1.82) is 0 Å². The number of carbonyl (C=O) groups is 1. The molecule has 1 atom stereocenters. The summed E-state index contributed by atoms with van der Waals surface area (Å²) in [6.45, 7) is 2.28. The summed E-state index contributed by atoms with van der Waals surface area (Å²) in [5.74, 6) is 0.137. The highest BCUT2D eigenvalue weighted by Gasteiger charge is 2.46. The van der Waals surface area contributed by atoms with Crippen LogP contribution in [0.4, 0.5) is 0 Å². The van der Waals surface area contributed by atoms with Gasteiger partial charge < -0.3 is 10.1 Å². The van der Waals surface area contributed by atoms with Crippen LogP contribution in [0, 0.1) is 0 Å². The summed E-state index contributed by atoms with van der Waals surface area (Å²) in [7, 11) is 2.10. The molecule has 4 heteroatoms. The molecule has 2 aromatic rings. The molecule has 0 aromatic heterocycles. The van der Waals surface area contributed by atoms with Gasteiger partial charge in [-0.15, -0.1) is 0 Å². The smallest absolute Gasteiger partial charge is 0.241 e. The normalized spacial score (nSPS) is 20.4. The van der Waals surface area contributed by atoms with E-state index in [9.17, 15) is 4.79 Å². The highest BCUT2D eigenvalue weighted by Crippen LogP contribution is 2.34. The Bertz CT molecular complexity index is 790. The van der Waals surface area contributed by atoms with Crippen molar-refractivity contribution < 1.29 is 9.53 Å².